The summed E-state index contributed by atoms with van der Waals surface area (Å²) in [5, 5.41) is 10.1. The number of nitrogen functional groups attached to an aromatic ring is 1. The van der Waals surface area contributed by atoms with Crippen molar-refractivity contribution < 1.29 is 4.79 Å². The standard InChI is InChI=1S/C22H24N6O3S/c1-12(2)10-27-19(23)18(20(30)26(4)22(27)31)16(29)11-32-21-25-24-17-9-13(3)14-7-5-6-8-15(14)28(17)21/h5-9,12H,10-11,23H2,1-4H3. The summed E-state index contributed by atoms with van der Waals surface area (Å²) in [5.74, 6) is -0.505. The summed E-state index contributed by atoms with van der Waals surface area (Å²) >= 11 is 1.18. The van der Waals surface area contributed by atoms with Crippen LogP contribution in [0.3, 0.4) is 0 Å². The Labute approximate surface area is 187 Å². The fourth-order valence-electron chi connectivity index (χ4n) is 3.76. The van der Waals surface area contributed by atoms with Crippen LogP contribution >= 0.6 is 11.8 Å². The Kier molecular flexibility index (Phi) is 5.64. The van der Waals surface area contributed by atoms with Crippen LogP contribution in [-0.2, 0) is 13.6 Å². The summed E-state index contributed by atoms with van der Waals surface area (Å²) < 4.78 is 4.10. The highest BCUT2D eigenvalue weighted by Crippen LogP contribution is 2.26. The Hall–Kier alpha value is -3.40. The molecule has 1 aromatic carbocycles. The molecule has 0 fully saturated rings. The van der Waals surface area contributed by atoms with E-state index in [2.05, 4.69) is 10.2 Å². The van der Waals surface area contributed by atoms with E-state index in [1.165, 1.54) is 23.4 Å². The van der Waals surface area contributed by atoms with Crippen LogP contribution in [0, 0.1) is 12.8 Å². The van der Waals surface area contributed by atoms with Gasteiger partial charge in [-0.3, -0.25) is 23.1 Å². The van der Waals surface area contributed by atoms with Gasteiger partial charge in [0.1, 0.15) is 11.4 Å². The minimum atomic E-state index is -0.690. The van der Waals surface area contributed by atoms with Crippen molar-refractivity contribution in [3.05, 3.63) is 62.3 Å². The van der Waals surface area contributed by atoms with E-state index < -0.39 is 17.0 Å². The van der Waals surface area contributed by atoms with Gasteiger partial charge in [0.2, 0.25) is 0 Å². The number of ketones is 1. The second-order valence-electron chi connectivity index (χ2n) is 8.14. The molecule has 4 aromatic rings. The van der Waals surface area contributed by atoms with Crippen LogP contribution in [0.1, 0.15) is 29.8 Å². The van der Waals surface area contributed by atoms with Gasteiger partial charge >= 0.3 is 5.69 Å². The van der Waals surface area contributed by atoms with Crippen LogP contribution < -0.4 is 17.0 Å². The van der Waals surface area contributed by atoms with Gasteiger partial charge in [0.05, 0.1) is 11.3 Å². The maximum Gasteiger partial charge on any atom is 0.332 e. The number of Topliss-reactive ketones (excluding diaryl/α,β-unsaturated/α-hetero) is 1. The van der Waals surface area contributed by atoms with E-state index in [9.17, 15) is 14.4 Å². The lowest BCUT2D eigenvalue weighted by molar-refractivity contribution is 0.102. The third-order valence-electron chi connectivity index (χ3n) is 5.32. The number of para-hydroxylation sites is 1. The summed E-state index contributed by atoms with van der Waals surface area (Å²) in [6.45, 7) is 6.18. The van der Waals surface area contributed by atoms with Crippen molar-refractivity contribution >= 4 is 39.9 Å². The van der Waals surface area contributed by atoms with Crippen LogP contribution in [0.5, 0.6) is 0 Å². The van der Waals surface area contributed by atoms with Gasteiger partial charge in [-0.05, 0) is 30.5 Å². The van der Waals surface area contributed by atoms with Gasteiger partial charge in [-0.1, -0.05) is 43.8 Å². The molecule has 9 nitrogen and oxygen atoms in total. The molecule has 0 saturated carbocycles. The molecule has 0 unspecified atom stereocenters. The Balaban J connectivity index is 1.72. The van der Waals surface area contributed by atoms with Crippen LogP contribution in [0.25, 0.3) is 16.6 Å². The molecule has 0 amide bonds. The van der Waals surface area contributed by atoms with E-state index in [1.807, 2.05) is 55.5 Å². The Morgan fingerprint density at radius 1 is 1.19 bits per heavy atom. The van der Waals surface area contributed by atoms with Gasteiger partial charge in [-0.15, -0.1) is 10.2 Å². The molecule has 10 heteroatoms. The van der Waals surface area contributed by atoms with Gasteiger partial charge < -0.3 is 5.73 Å². The fourth-order valence-corrected chi connectivity index (χ4v) is 4.58. The van der Waals surface area contributed by atoms with Crippen molar-refractivity contribution in [2.45, 2.75) is 32.5 Å². The van der Waals surface area contributed by atoms with E-state index in [0.29, 0.717) is 17.3 Å². The highest BCUT2D eigenvalue weighted by atomic mass is 32.2. The van der Waals surface area contributed by atoms with Crippen LogP contribution in [0.4, 0.5) is 5.82 Å². The first-order valence-electron chi connectivity index (χ1n) is 10.2. The number of aryl methyl sites for hydroxylation is 1. The zero-order valence-electron chi connectivity index (χ0n) is 18.3. The van der Waals surface area contributed by atoms with E-state index in [-0.39, 0.29) is 23.1 Å². The van der Waals surface area contributed by atoms with Gasteiger partial charge in [-0.2, -0.15) is 0 Å². The molecular formula is C22H24N6O3S. The zero-order chi connectivity index (χ0) is 23.2. The smallest absolute Gasteiger partial charge is 0.332 e. The maximum absolute atomic E-state index is 13.0. The lowest BCUT2D eigenvalue weighted by Gasteiger charge is -2.16. The fraction of sp³-hybridized carbons (Fsp3) is 0.318. The first-order valence-corrected chi connectivity index (χ1v) is 11.2. The number of aromatic nitrogens is 5. The van der Waals surface area contributed by atoms with E-state index >= 15 is 0 Å². The summed E-state index contributed by atoms with van der Waals surface area (Å²) in [6.07, 6.45) is 0. The number of carbonyl (C=O) groups excluding carboxylic acids is 1. The van der Waals surface area contributed by atoms with E-state index in [4.69, 9.17) is 5.73 Å². The number of rotatable bonds is 6. The van der Waals surface area contributed by atoms with Crippen molar-refractivity contribution in [2.75, 3.05) is 11.5 Å². The number of hydrogen-bond acceptors (Lipinski definition) is 7. The molecule has 0 spiro atoms. The van der Waals surface area contributed by atoms with Crippen LogP contribution in [0.2, 0.25) is 0 Å². The van der Waals surface area contributed by atoms with Crippen LogP contribution in [-0.4, -0.2) is 35.3 Å². The molecule has 0 radical (unpaired) electrons. The molecule has 0 saturated heterocycles. The molecule has 3 heterocycles. The number of thioether (sulfide) groups is 1. The molecule has 0 atom stereocenters. The molecule has 32 heavy (non-hydrogen) atoms. The highest BCUT2D eigenvalue weighted by molar-refractivity contribution is 7.99. The molecular weight excluding hydrogens is 428 g/mol. The average molecular weight is 453 g/mol. The Morgan fingerprint density at radius 3 is 2.62 bits per heavy atom. The summed E-state index contributed by atoms with van der Waals surface area (Å²) in [5.41, 5.74) is 7.42. The lowest BCUT2D eigenvalue weighted by atomic mass is 10.1. The third kappa shape index (κ3) is 3.60. The number of benzene rings is 1. The molecule has 0 aliphatic carbocycles. The first-order chi connectivity index (χ1) is 15.2. The quantitative estimate of drug-likeness (QED) is 0.352. The van der Waals surface area contributed by atoms with E-state index in [0.717, 1.165) is 21.0 Å². The third-order valence-corrected chi connectivity index (χ3v) is 6.24. The molecule has 4 rings (SSSR count). The van der Waals surface area contributed by atoms with E-state index in [1.54, 1.807) is 0 Å². The monoisotopic (exact) mass is 452 g/mol. The van der Waals surface area contributed by atoms with Crippen LogP contribution in [0.15, 0.2) is 45.1 Å². The normalized spacial score (nSPS) is 11.7. The number of anilines is 1. The molecule has 0 aliphatic rings. The number of carbonyl (C=O) groups is 1. The van der Waals surface area contributed by atoms with Gasteiger partial charge in [0, 0.05) is 19.0 Å². The van der Waals surface area contributed by atoms with Crippen molar-refractivity contribution in [3.8, 4) is 0 Å². The molecule has 0 aliphatic heterocycles. The first kappa shape index (κ1) is 21.8. The van der Waals surface area contributed by atoms with Crippen molar-refractivity contribution in [2.24, 2.45) is 13.0 Å². The molecule has 166 valence electrons. The highest BCUT2D eigenvalue weighted by Gasteiger charge is 2.23. The SMILES string of the molecule is Cc1cc2nnc(SCC(=O)c3c(N)n(CC(C)C)c(=O)n(C)c3=O)n2c2ccccc12. The minimum absolute atomic E-state index is 0.0671. The van der Waals surface area contributed by atoms with Gasteiger partial charge in [-0.25, -0.2) is 4.79 Å². The van der Waals surface area contributed by atoms with Crippen molar-refractivity contribution in [1.82, 2.24) is 23.7 Å². The summed E-state index contributed by atoms with van der Waals surface area (Å²) in [4.78, 5) is 38.2. The van der Waals surface area contributed by atoms with Crippen molar-refractivity contribution in [3.63, 3.8) is 0 Å². The number of nitrogens with two attached hydrogens (primary N) is 1. The largest absolute Gasteiger partial charge is 0.384 e. The minimum Gasteiger partial charge on any atom is -0.384 e. The molecule has 0 bridgehead atoms. The maximum atomic E-state index is 13.0. The average Bonchev–Trinajstić information content (AvgIpc) is 3.17. The van der Waals surface area contributed by atoms with Gasteiger partial charge in [0.25, 0.3) is 5.56 Å². The topological polar surface area (TPSA) is 117 Å². The molecule has 3 aromatic heterocycles. The number of fused-ring (bicyclic) bond motifs is 3. The van der Waals surface area contributed by atoms with Crippen molar-refractivity contribution in [1.29, 1.82) is 0 Å². The number of pyridine rings is 1. The second kappa shape index (κ2) is 8.27. The number of nitrogens with zero attached hydrogens (tertiary/aromatic N) is 5. The Bertz CT molecular complexity index is 1480. The van der Waals surface area contributed by atoms with Gasteiger partial charge in [0.15, 0.2) is 16.6 Å². The summed E-state index contributed by atoms with van der Waals surface area (Å²) in [7, 11) is 1.35. The molecule has 2 N–H and O–H groups in total. The zero-order valence-corrected chi connectivity index (χ0v) is 19.1. The lowest BCUT2D eigenvalue weighted by Crippen LogP contribution is -2.43. The second-order valence-corrected chi connectivity index (χ2v) is 9.09. The predicted octanol–water partition coefficient (Wildman–Crippen LogP) is 2.26. The Morgan fingerprint density at radius 2 is 1.91 bits per heavy atom. The predicted molar refractivity (Wildman–Crippen MR) is 125 cm³/mol. The number of hydrogen-bond donors (Lipinski definition) is 1. The summed E-state index contributed by atoms with van der Waals surface area (Å²) in [6, 6.07) is 9.83.